The van der Waals surface area contributed by atoms with Crippen molar-refractivity contribution in [3.8, 4) is 0 Å². The van der Waals surface area contributed by atoms with Crippen molar-refractivity contribution < 1.29 is 19.4 Å². The molecule has 25 heavy (non-hydrogen) atoms. The van der Waals surface area contributed by atoms with Gasteiger partial charge in [0.1, 0.15) is 25.8 Å². The first kappa shape index (κ1) is 19.1. The highest BCUT2D eigenvalue weighted by atomic mass is 16.6. The van der Waals surface area contributed by atoms with Gasteiger partial charge in [-0.2, -0.15) is 0 Å². The smallest absolute Gasteiger partial charge is 0.305 e. The van der Waals surface area contributed by atoms with Crippen molar-refractivity contribution in [2.45, 2.75) is 39.0 Å². The minimum absolute atomic E-state index is 0.0175. The number of hydrogen-bond donors (Lipinski definition) is 1. The van der Waals surface area contributed by atoms with Gasteiger partial charge in [0.15, 0.2) is 17.0 Å². The van der Waals surface area contributed by atoms with Crippen molar-refractivity contribution in [1.82, 2.24) is 19.5 Å². The molecule has 2 rings (SSSR count). The lowest BCUT2D eigenvalue weighted by atomic mass is 10.2. The number of carbonyl (C=O) groups excluding carboxylic acids is 1. The molecule has 2 aromatic rings. The van der Waals surface area contributed by atoms with Crippen LogP contribution in [0.3, 0.4) is 0 Å². The molecule has 0 saturated carbocycles. The van der Waals surface area contributed by atoms with Gasteiger partial charge in [-0.25, -0.2) is 15.0 Å². The van der Waals surface area contributed by atoms with Gasteiger partial charge in [-0.05, 0) is 6.42 Å². The van der Waals surface area contributed by atoms with Crippen LogP contribution in [0, 0.1) is 0 Å². The van der Waals surface area contributed by atoms with Gasteiger partial charge in [0.05, 0.1) is 12.9 Å². The van der Waals surface area contributed by atoms with Crippen LogP contribution in [0.25, 0.3) is 11.2 Å². The molecule has 1 unspecified atom stereocenters. The van der Waals surface area contributed by atoms with E-state index in [1.807, 2.05) is 25.9 Å². The number of nitrogens with zero attached hydrogens (tertiary/aromatic N) is 5. The van der Waals surface area contributed by atoms with E-state index in [4.69, 9.17) is 9.47 Å². The number of anilines is 1. The predicted molar refractivity (Wildman–Crippen MR) is 92.1 cm³/mol. The van der Waals surface area contributed by atoms with Crippen LogP contribution in [0.4, 0.5) is 5.82 Å². The first-order valence-corrected chi connectivity index (χ1v) is 8.28. The summed E-state index contributed by atoms with van der Waals surface area (Å²) in [7, 11) is 3.76. The van der Waals surface area contributed by atoms with Gasteiger partial charge in [0.2, 0.25) is 0 Å². The Morgan fingerprint density at radius 1 is 1.36 bits per heavy atom. The molecule has 0 aliphatic heterocycles. The topological polar surface area (TPSA) is 103 Å². The number of ether oxygens (including phenoxy) is 2. The molecule has 9 heteroatoms. The second kappa shape index (κ2) is 9.28. The zero-order valence-electron chi connectivity index (χ0n) is 14.9. The van der Waals surface area contributed by atoms with E-state index >= 15 is 0 Å². The minimum Gasteiger partial charge on any atom is -0.463 e. The molecule has 1 atom stereocenters. The number of imidazole rings is 1. The fraction of sp³-hybridized carbons (Fsp3) is 0.625. The Balaban J connectivity index is 1.94. The zero-order valence-corrected chi connectivity index (χ0v) is 14.9. The highest BCUT2D eigenvalue weighted by Gasteiger charge is 2.15. The maximum absolute atomic E-state index is 11.5. The number of unbranched alkanes of at least 4 members (excludes halogenated alkanes) is 1. The Morgan fingerprint density at radius 3 is 2.84 bits per heavy atom. The highest BCUT2D eigenvalue weighted by Crippen LogP contribution is 2.19. The monoisotopic (exact) mass is 351 g/mol. The van der Waals surface area contributed by atoms with Gasteiger partial charge in [-0.3, -0.25) is 9.36 Å². The van der Waals surface area contributed by atoms with Gasteiger partial charge in [0.25, 0.3) is 0 Å². The molecule has 1 N–H and O–H groups in total. The molecule has 0 spiro atoms. The van der Waals surface area contributed by atoms with Crippen LogP contribution in [-0.2, 0) is 21.0 Å². The van der Waals surface area contributed by atoms with Crippen LogP contribution >= 0.6 is 0 Å². The molecular weight excluding hydrogens is 326 g/mol. The number of hydrogen-bond acceptors (Lipinski definition) is 8. The second-order valence-corrected chi connectivity index (χ2v) is 5.87. The van der Waals surface area contributed by atoms with Gasteiger partial charge in [-0.1, -0.05) is 13.3 Å². The Hall–Kier alpha value is -2.26. The summed E-state index contributed by atoms with van der Waals surface area (Å²) in [4.78, 5) is 26.1. The Labute approximate surface area is 146 Å². The SMILES string of the molecule is CCCCC(=O)OCC(CO)OCn1cnc2c(N(C)C)ncnc21. The number of fused-ring (bicyclic) bond motifs is 1. The Bertz CT molecular complexity index is 688. The summed E-state index contributed by atoms with van der Waals surface area (Å²) in [6.07, 6.45) is 4.57. The summed E-state index contributed by atoms with van der Waals surface area (Å²) in [5.41, 5.74) is 1.30. The third kappa shape index (κ3) is 5.10. The van der Waals surface area contributed by atoms with E-state index in [1.54, 1.807) is 10.9 Å². The average molecular weight is 351 g/mol. The fourth-order valence-corrected chi connectivity index (χ4v) is 2.21. The summed E-state index contributed by atoms with van der Waals surface area (Å²) in [6.45, 7) is 1.92. The van der Waals surface area contributed by atoms with Crippen LogP contribution in [0.5, 0.6) is 0 Å². The summed E-state index contributed by atoms with van der Waals surface area (Å²) in [6, 6.07) is 0. The van der Waals surface area contributed by atoms with E-state index < -0.39 is 6.10 Å². The molecule has 0 amide bonds. The third-order valence-electron chi connectivity index (χ3n) is 3.62. The summed E-state index contributed by atoms with van der Waals surface area (Å²) in [5, 5.41) is 9.40. The van der Waals surface area contributed by atoms with Crippen LogP contribution in [0.2, 0.25) is 0 Å². The maximum atomic E-state index is 11.5. The van der Waals surface area contributed by atoms with Crippen molar-refractivity contribution >= 4 is 23.0 Å². The normalized spacial score (nSPS) is 12.3. The van der Waals surface area contributed by atoms with Crippen LogP contribution in [0.1, 0.15) is 26.2 Å². The quantitative estimate of drug-likeness (QED) is 0.632. The van der Waals surface area contributed by atoms with Crippen molar-refractivity contribution in [1.29, 1.82) is 0 Å². The number of rotatable bonds is 10. The number of carbonyl (C=O) groups is 1. The first-order valence-electron chi connectivity index (χ1n) is 8.28. The molecule has 9 nitrogen and oxygen atoms in total. The Morgan fingerprint density at radius 2 is 2.16 bits per heavy atom. The predicted octanol–water partition coefficient (Wildman–Crippen LogP) is 0.961. The standard InChI is InChI=1S/C16H25N5O4/c1-4-5-6-13(23)24-8-12(7-22)25-11-21-10-19-14-15(20(2)3)17-9-18-16(14)21/h9-10,12,22H,4-8,11H2,1-3H3. The lowest BCUT2D eigenvalue weighted by Crippen LogP contribution is -2.26. The van der Waals surface area contributed by atoms with Gasteiger partial charge >= 0.3 is 5.97 Å². The van der Waals surface area contributed by atoms with Crippen LogP contribution < -0.4 is 4.90 Å². The molecule has 0 aromatic carbocycles. The zero-order chi connectivity index (χ0) is 18.2. The maximum Gasteiger partial charge on any atom is 0.305 e. The van der Waals surface area contributed by atoms with Gasteiger partial charge < -0.3 is 19.5 Å². The molecule has 0 aliphatic carbocycles. The van der Waals surface area contributed by atoms with E-state index in [9.17, 15) is 9.90 Å². The average Bonchev–Trinajstić information content (AvgIpc) is 3.03. The lowest BCUT2D eigenvalue weighted by molar-refractivity contribution is -0.150. The van der Waals surface area contributed by atoms with Gasteiger partial charge in [0, 0.05) is 20.5 Å². The molecule has 138 valence electrons. The largest absolute Gasteiger partial charge is 0.463 e. The van der Waals surface area contributed by atoms with E-state index in [0.29, 0.717) is 23.4 Å². The van der Waals surface area contributed by atoms with E-state index in [2.05, 4.69) is 15.0 Å². The van der Waals surface area contributed by atoms with Crippen LogP contribution in [-0.4, -0.2) is 64.0 Å². The van der Waals surface area contributed by atoms with Gasteiger partial charge in [-0.15, -0.1) is 0 Å². The van der Waals surface area contributed by atoms with E-state index in [-0.39, 0.29) is 25.9 Å². The molecule has 0 radical (unpaired) electrons. The van der Waals surface area contributed by atoms with Crippen molar-refractivity contribution in [2.24, 2.45) is 0 Å². The van der Waals surface area contributed by atoms with E-state index in [1.165, 1.54) is 6.33 Å². The summed E-state index contributed by atoms with van der Waals surface area (Å²) < 4.78 is 12.5. The second-order valence-electron chi connectivity index (χ2n) is 5.87. The minimum atomic E-state index is -0.599. The molecule has 0 bridgehead atoms. The van der Waals surface area contributed by atoms with Crippen LogP contribution in [0.15, 0.2) is 12.7 Å². The number of esters is 1. The van der Waals surface area contributed by atoms with Crippen molar-refractivity contribution in [3.05, 3.63) is 12.7 Å². The van der Waals surface area contributed by atoms with Crippen molar-refractivity contribution in [2.75, 3.05) is 32.2 Å². The fourth-order valence-electron chi connectivity index (χ4n) is 2.21. The summed E-state index contributed by atoms with van der Waals surface area (Å²) in [5.74, 6) is 0.438. The lowest BCUT2D eigenvalue weighted by Gasteiger charge is -2.16. The highest BCUT2D eigenvalue weighted by molar-refractivity contribution is 5.82. The molecule has 0 aliphatic rings. The molecule has 2 heterocycles. The number of aliphatic hydroxyl groups is 1. The van der Waals surface area contributed by atoms with E-state index in [0.717, 1.165) is 12.8 Å². The summed E-state index contributed by atoms with van der Waals surface area (Å²) >= 11 is 0. The first-order chi connectivity index (χ1) is 12.1. The number of aliphatic hydroxyl groups excluding tert-OH is 1. The Kier molecular flexibility index (Phi) is 7.08. The molecule has 2 aromatic heterocycles. The molecule has 0 saturated heterocycles. The van der Waals surface area contributed by atoms with Crippen molar-refractivity contribution in [3.63, 3.8) is 0 Å². The molecule has 0 fully saturated rings. The number of aromatic nitrogens is 4. The molecular formula is C16H25N5O4. The third-order valence-corrected chi connectivity index (χ3v) is 3.62.